The topological polar surface area (TPSA) is 121 Å². The Labute approximate surface area is 159 Å². The summed E-state index contributed by atoms with van der Waals surface area (Å²) in [7, 11) is 0. The molecular formula is C19H18N4O5. The van der Waals surface area contributed by atoms with E-state index in [1.807, 2.05) is 0 Å². The fraction of sp³-hybridized carbons (Fsp3) is 0.263. The molecule has 3 heterocycles. The van der Waals surface area contributed by atoms with Crippen LogP contribution < -0.4 is 11.5 Å². The van der Waals surface area contributed by atoms with Gasteiger partial charge in [0.15, 0.2) is 5.58 Å². The zero-order chi connectivity index (χ0) is 19.8. The molecule has 0 saturated carbocycles. The van der Waals surface area contributed by atoms with Crippen molar-refractivity contribution in [3.63, 3.8) is 0 Å². The van der Waals surface area contributed by atoms with Crippen molar-refractivity contribution in [1.29, 1.82) is 0 Å². The van der Waals surface area contributed by atoms with Crippen molar-refractivity contribution in [3.05, 3.63) is 57.8 Å². The average molecular weight is 382 g/mol. The molecule has 0 aliphatic carbocycles. The molecule has 0 radical (unpaired) electrons. The molecule has 0 fully saturated rings. The maximum absolute atomic E-state index is 13.2. The average Bonchev–Trinajstić information content (AvgIpc) is 3.01. The lowest BCUT2D eigenvalue weighted by molar-refractivity contribution is 0.0952. The van der Waals surface area contributed by atoms with Crippen LogP contribution in [0.5, 0.6) is 0 Å². The Bertz CT molecular complexity index is 1150. The second-order valence-electron chi connectivity index (χ2n) is 6.43. The van der Waals surface area contributed by atoms with Crippen molar-refractivity contribution >= 4 is 28.8 Å². The SMILES string of the molecule is CCOC(=O)N1CCc2c(cncc2C(=O)n2c(=O)oc3ccc(N)cc32)C1. The van der Waals surface area contributed by atoms with Crippen LogP contribution in [0.1, 0.15) is 28.4 Å². The molecule has 3 aromatic rings. The summed E-state index contributed by atoms with van der Waals surface area (Å²) in [6, 6.07) is 4.66. The highest BCUT2D eigenvalue weighted by Crippen LogP contribution is 2.24. The Morgan fingerprint density at radius 1 is 1.32 bits per heavy atom. The minimum Gasteiger partial charge on any atom is -0.450 e. The van der Waals surface area contributed by atoms with E-state index in [-0.39, 0.29) is 12.1 Å². The minimum atomic E-state index is -0.785. The van der Waals surface area contributed by atoms with Crippen LogP contribution >= 0.6 is 0 Å². The molecule has 2 aromatic heterocycles. The summed E-state index contributed by atoms with van der Waals surface area (Å²) in [6.07, 6.45) is 3.09. The number of ether oxygens (including phenoxy) is 1. The lowest BCUT2D eigenvalue weighted by Crippen LogP contribution is -2.37. The maximum Gasteiger partial charge on any atom is 0.427 e. The van der Waals surface area contributed by atoms with Gasteiger partial charge in [0.1, 0.15) is 5.52 Å². The number of benzene rings is 1. The van der Waals surface area contributed by atoms with E-state index in [1.54, 1.807) is 30.2 Å². The molecule has 9 heteroatoms. The number of rotatable bonds is 2. The van der Waals surface area contributed by atoms with Crippen LogP contribution in [0.2, 0.25) is 0 Å². The monoisotopic (exact) mass is 382 g/mol. The summed E-state index contributed by atoms with van der Waals surface area (Å²) in [6.45, 7) is 2.73. The molecule has 0 atom stereocenters. The van der Waals surface area contributed by atoms with Crippen molar-refractivity contribution in [2.75, 3.05) is 18.9 Å². The smallest absolute Gasteiger partial charge is 0.427 e. The zero-order valence-corrected chi connectivity index (χ0v) is 15.2. The van der Waals surface area contributed by atoms with E-state index >= 15 is 0 Å². The van der Waals surface area contributed by atoms with Gasteiger partial charge in [0.2, 0.25) is 0 Å². The van der Waals surface area contributed by atoms with Crippen molar-refractivity contribution in [2.24, 2.45) is 0 Å². The van der Waals surface area contributed by atoms with Gasteiger partial charge >= 0.3 is 11.8 Å². The van der Waals surface area contributed by atoms with Crippen molar-refractivity contribution in [2.45, 2.75) is 19.9 Å². The second kappa shape index (κ2) is 6.84. The quantitative estimate of drug-likeness (QED) is 0.671. The summed E-state index contributed by atoms with van der Waals surface area (Å²) in [5.74, 6) is -1.32. The first kappa shape index (κ1) is 17.8. The molecule has 0 spiro atoms. The van der Waals surface area contributed by atoms with Crippen LogP contribution in [-0.2, 0) is 17.7 Å². The number of pyridine rings is 1. The Morgan fingerprint density at radius 3 is 2.93 bits per heavy atom. The van der Waals surface area contributed by atoms with Gasteiger partial charge in [-0.05, 0) is 42.7 Å². The predicted octanol–water partition coefficient (Wildman–Crippen LogP) is 1.77. The first-order chi connectivity index (χ1) is 13.5. The molecule has 1 aliphatic heterocycles. The van der Waals surface area contributed by atoms with E-state index in [9.17, 15) is 14.4 Å². The number of carbonyl (C=O) groups is 2. The van der Waals surface area contributed by atoms with Crippen molar-refractivity contribution in [1.82, 2.24) is 14.5 Å². The number of nitrogens with two attached hydrogens (primary N) is 1. The Hall–Kier alpha value is -3.62. The molecule has 0 bridgehead atoms. The van der Waals surface area contributed by atoms with E-state index in [0.717, 1.165) is 15.7 Å². The number of hydrogen-bond acceptors (Lipinski definition) is 7. The van der Waals surface area contributed by atoms with Gasteiger partial charge in [-0.15, -0.1) is 0 Å². The third kappa shape index (κ3) is 2.90. The van der Waals surface area contributed by atoms with Crippen molar-refractivity contribution in [3.8, 4) is 0 Å². The Kier molecular flexibility index (Phi) is 4.34. The van der Waals surface area contributed by atoms with E-state index in [4.69, 9.17) is 14.9 Å². The maximum atomic E-state index is 13.2. The molecule has 1 amide bonds. The van der Waals surface area contributed by atoms with Gasteiger partial charge in [-0.25, -0.2) is 14.2 Å². The number of carbonyl (C=O) groups excluding carboxylic acids is 2. The fourth-order valence-electron chi connectivity index (χ4n) is 3.39. The highest BCUT2D eigenvalue weighted by Gasteiger charge is 2.27. The van der Waals surface area contributed by atoms with Gasteiger partial charge in [-0.1, -0.05) is 0 Å². The van der Waals surface area contributed by atoms with Crippen LogP contribution in [-0.4, -0.2) is 39.6 Å². The van der Waals surface area contributed by atoms with Gasteiger partial charge in [0.05, 0.1) is 18.7 Å². The molecule has 144 valence electrons. The normalized spacial score (nSPS) is 13.4. The summed E-state index contributed by atoms with van der Waals surface area (Å²) in [4.78, 5) is 43.1. The van der Waals surface area contributed by atoms with Crippen LogP contribution in [0.25, 0.3) is 11.1 Å². The number of oxazole rings is 1. The molecule has 0 unspecified atom stereocenters. The summed E-state index contributed by atoms with van der Waals surface area (Å²) >= 11 is 0. The lowest BCUT2D eigenvalue weighted by Gasteiger charge is -2.28. The number of aromatic nitrogens is 2. The summed E-state index contributed by atoms with van der Waals surface area (Å²) in [5.41, 5.74) is 8.58. The van der Waals surface area contributed by atoms with Crippen LogP contribution in [0.4, 0.5) is 10.5 Å². The molecule has 28 heavy (non-hydrogen) atoms. The van der Waals surface area contributed by atoms with Crippen molar-refractivity contribution < 1.29 is 18.7 Å². The van der Waals surface area contributed by atoms with Gasteiger partial charge in [-0.2, -0.15) is 0 Å². The van der Waals surface area contributed by atoms with E-state index < -0.39 is 17.8 Å². The van der Waals surface area contributed by atoms with E-state index in [2.05, 4.69) is 4.98 Å². The number of fused-ring (bicyclic) bond motifs is 2. The molecule has 4 rings (SSSR count). The molecule has 0 saturated heterocycles. The highest BCUT2D eigenvalue weighted by atomic mass is 16.6. The number of nitrogens with zero attached hydrogens (tertiary/aromatic N) is 3. The lowest BCUT2D eigenvalue weighted by atomic mass is 9.97. The minimum absolute atomic E-state index is 0.277. The number of anilines is 1. The highest BCUT2D eigenvalue weighted by molar-refractivity contribution is 6.02. The summed E-state index contributed by atoms with van der Waals surface area (Å²) < 4.78 is 11.2. The number of amides is 1. The Morgan fingerprint density at radius 2 is 2.14 bits per heavy atom. The van der Waals surface area contributed by atoms with Gasteiger partial charge in [-0.3, -0.25) is 9.78 Å². The van der Waals surface area contributed by atoms with E-state index in [1.165, 1.54) is 12.3 Å². The number of hydrogen-bond donors (Lipinski definition) is 1. The van der Waals surface area contributed by atoms with Gasteiger partial charge < -0.3 is 19.8 Å². The van der Waals surface area contributed by atoms with Gasteiger partial charge in [0.25, 0.3) is 5.91 Å². The predicted molar refractivity (Wildman–Crippen MR) is 100.0 cm³/mol. The Balaban J connectivity index is 1.74. The van der Waals surface area contributed by atoms with Crippen LogP contribution in [0.3, 0.4) is 0 Å². The molecule has 9 nitrogen and oxygen atoms in total. The zero-order valence-electron chi connectivity index (χ0n) is 15.2. The van der Waals surface area contributed by atoms with E-state index in [0.29, 0.717) is 36.3 Å². The third-order valence-corrected chi connectivity index (χ3v) is 4.70. The largest absolute Gasteiger partial charge is 0.450 e. The number of nitrogen functional groups attached to an aromatic ring is 1. The fourth-order valence-corrected chi connectivity index (χ4v) is 3.39. The first-order valence-electron chi connectivity index (χ1n) is 8.82. The molecule has 1 aliphatic rings. The first-order valence-corrected chi connectivity index (χ1v) is 8.82. The standard InChI is InChI=1S/C19H18N4O5/c1-2-27-18(25)22-6-5-13-11(10-22)8-21-9-14(13)17(24)23-15-7-12(20)3-4-16(15)28-19(23)26/h3-4,7-9H,2,5-6,10,20H2,1H3. The van der Waals surface area contributed by atoms with Crippen LogP contribution in [0.15, 0.2) is 39.8 Å². The molecular weight excluding hydrogens is 364 g/mol. The summed E-state index contributed by atoms with van der Waals surface area (Å²) in [5, 5.41) is 0. The molecule has 2 N–H and O–H groups in total. The van der Waals surface area contributed by atoms with Crippen LogP contribution in [0, 0.1) is 0 Å². The second-order valence-corrected chi connectivity index (χ2v) is 6.43. The third-order valence-electron chi connectivity index (χ3n) is 4.70. The van der Waals surface area contributed by atoms with Gasteiger partial charge in [0, 0.05) is 24.6 Å². The molecule has 1 aromatic carbocycles.